The topological polar surface area (TPSA) is 95.6 Å². The van der Waals surface area contributed by atoms with Crippen molar-refractivity contribution in [2.75, 3.05) is 0 Å². The van der Waals surface area contributed by atoms with Crippen molar-refractivity contribution in [3.05, 3.63) is 56.8 Å². The molecule has 0 amide bonds. The van der Waals surface area contributed by atoms with Gasteiger partial charge < -0.3 is 0 Å². The van der Waals surface area contributed by atoms with Gasteiger partial charge in [-0.05, 0) is 30.8 Å². The molecule has 0 aliphatic rings. The number of aromatic nitrogens is 6. The lowest BCUT2D eigenvalue weighted by Gasteiger charge is -2.19. The van der Waals surface area contributed by atoms with E-state index in [2.05, 4.69) is 15.0 Å². The van der Waals surface area contributed by atoms with Crippen LogP contribution >= 0.6 is 11.8 Å². The van der Waals surface area contributed by atoms with Crippen molar-refractivity contribution in [2.45, 2.75) is 43.2 Å². The fourth-order valence-electron chi connectivity index (χ4n) is 3.16. The van der Waals surface area contributed by atoms with Crippen LogP contribution in [0.15, 0.2) is 44.2 Å². The fraction of sp³-hybridized carbons (Fsp3) is 0.333. The standard InChI is InChI=1S/C21H22N6O2S/c1-11-7-8-13-12(9-11)16(23-10-22-13)30-17-14-15(24-19(25-17)21(2,3)4)26(5)20(29)27(6)18(14)28/h7-10H,1-6H3. The third kappa shape index (κ3) is 3.28. The maximum atomic E-state index is 13.0. The first-order valence-electron chi connectivity index (χ1n) is 9.45. The Kier molecular flexibility index (Phi) is 4.73. The zero-order valence-corrected chi connectivity index (χ0v) is 18.5. The van der Waals surface area contributed by atoms with Gasteiger partial charge in [-0.15, -0.1) is 0 Å². The Hall–Kier alpha value is -3.07. The maximum Gasteiger partial charge on any atom is 0.332 e. The largest absolute Gasteiger partial charge is 0.332 e. The summed E-state index contributed by atoms with van der Waals surface area (Å²) in [6.07, 6.45) is 1.50. The van der Waals surface area contributed by atoms with Crippen LogP contribution in [0, 0.1) is 6.92 Å². The molecule has 0 bridgehead atoms. The van der Waals surface area contributed by atoms with E-state index in [1.807, 2.05) is 45.9 Å². The lowest BCUT2D eigenvalue weighted by molar-refractivity contribution is 0.539. The Labute approximate surface area is 177 Å². The Morgan fingerprint density at radius 3 is 2.40 bits per heavy atom. The van der Waals surface area contributed by atoms with Gasteiger partial charge in [-0.1, -0.05) is 32.4 Å². The molecule has 154 valence electrons. The first-order chi connectivity index (χ1) is 14.1. The van der Waals surface area contributed by atoms with Gasteiger partial charge in [-0.2, -0.15) is 0 Å². The van der Waals surface area contributed by atoms with E-state index in [0.29, 0.717) is 26.9 Å². The van der Waals surface area contributed by atoms with Crippen molar-refractivity contribution >= 4 is 33.7 Å². The predicted octanol–water partition coefficient (Wildman–Crippen LogP) is 2.73. The van der Waals surface area contributed by atoms with E-state index in [-0.39, 0.29) is 5.41 Å². The third-order valence-electron chi connectivity index (χ3n) is 4.89. The molecule has 8 nitrogen and oxygen atoms in total. The molecule has 3 heterocycles. The Morgan fingerprint density at radius 2 is 1.70 bits per heavy atom. The molecule has 0 saturated carbocycles. The minimum absolute atomic E-state index is 0.303. The minimum atomic E-state index is -0.426. The van der Waals surface area contributed by atoms with Crippen molar-refractivity contribution < 1.29 is 0 Å². The van der Waals surface area contributed by atoms with E-state index in [1.165, 1.54) is 29.7 Å². The Balaban J connectivity index is 2.07. The molecule has 0 atom stereocenters. The van der Waals surface area contributed by atoms with Crippen LogP contribution in [-0.4, -0.2) is 29.1 Å². The molecule has 0 aliphatic heterocycles. The summed E-state index contributed by atoms with van der Waals surface area (Å²) in [6.45, 7) is 7.98. The lowest BCUT2D eigenvalue weighted by Crippen LogP contribution is -2.38. The van der Waals surface area contributed by atoms with Crippen molar-refractivity contribution in [3.63, 3.8) is 0 Å². The highest BCUT2D eigenvalue weighted by Crippen LogP contribution is 2.34. The second-order valence-electron chi connectivity index (χ2n) is 8.31. The van der Waals surface area contributed by atoms with Crippen molar-refractivity contribution in [2.24, 2.45) is 14.1 Å². The van der Waals surface area contributed by atoms with Crippen LogP contribution < -0.4 is 11.2 Å². The Morgan fingerprint density at radius 1 is 0.967 bits per heavy atom. The highest BCUT2D eigenvalue weighted by molar-refractivity contribution is 7.99. The van der Waals surface area contributed by atoms with E-state index in [4.69, 9.17) is 4.98 Å². The Bertz CT molecular complexity index is 1430. The average Bonchev–Trinajstić information content (AvgIpc) is 2.70. The van der Waals surface area contributed by atoms with E-state index >= 15 is 0 Å². The van der Waals surface area contributed by atoms with Gasteiger partial charge in [-0.25, -0.2) is 24.7 Å². The van der Waals surface area contributed by atoms with E-state index < -0.39 is 11.2 Å². The molecule has 4 aromatic rings. The molecule has 0 saturated heterocycles. The molecule has 0 N–H and O–H groups in total. The summed E-state index contributed by atoms with van der Waals surface area (Å²) in [5.41, 5.74) is 0.995. The van der Waals surface area contributed by atoms with Crippen LogP contribution in [0.25, 0.3) is 21.9 Å². The number of nitrogens with zero attached hydrogens (tertiary/aromatic N) is 6. The number of hydrogen-bond donors (Lipinski definition) is 0. The van der Waals surface area contributed by atoms with Crippen molar-refractivity contribution in [3.8, 4) is 0 Å². The number of hydrogen-bond acceptors (Lipinski definition) is 7. The number of benzene rings is 1. The van der Waals surface area contributed by atoms with Crippen molar-refractivity contribution in [1.29, 1.82) is 0 Å². The second-order valence-corrected chi connectivity index (χ2v) is 9.29. The zero-order valence-electron chi connectivity index (χ0n) is 17.7. The second kappa shape index (κ2) is 7.02. The first-order valence-corrected chi connectivity index (χ1v) is 10.3. The van der Waals surface area contributed by atoms with Crippen LogP contribution in [0.2, 0.25) is 0 Å². The van der Waals surface area contributed by atoms with E-state index in [0.717, 1.165) is 21.0 Å². The fourth-order valence-corrected chi connectivity index (χ4v) is 4.13. The summed E-state index contributed by atoms with van der Waals surface area (Å²) in [5, 5.41) is 2.35. The molecular weight excluding hydrogens is 400 g/mol. The molecule has 3 aromatic heterocycles. The van der Waals surface area contributed by atoms with Gasteiger partial charge in [0.25, 0.3) is 5.56 Å². The number of rotatable bonds is 2. The van der Waals surface area contributed by atoms with Crippen LogP contribution in [0.4, 0.5) is 0 Å². The molecule has 30 heavy (non-hydrogen) atoms. The van der Waals surface area contributed by atoms with Gasteiger partial charge in [0.05, 0.1) is 5.52 Å². The van der Waals surface area contributed by atoms with Crippen LogP contribution in [-0.2, 0) is 19.5 Å². The van der Waals surface area contributed by atoms with E-state index in [9.17, 15) is 9.59 Å². The zero-order chi connectivity index (χ0) is 21.8. The molecule has 0 fully saturated rings. The highest BCUT2D eigenvalue weighted by Gasteiger charge is 2.24. The summed E-state index contributed by atoms with van der Waals surface area (Å²) < 4.78 is 2.47. The van der Waals surface area contributed by atoms with Gasteiger partial charge in [0.2, 0.25) is 0 Å². The van der Waals surface area contributed by atoms with E-state index in [1.54, 1.807) is 7.05 Å². The summed E-state index contributed by atoms with van der Waals surface area (Å²) in [7, 11) is 3.07. The van der Waals surface area contributed by atoms with Gasteiger partial charge in [0.1, 0.15) is 27.6 Å². The predicted molar refractivity (Wildman–Crippen MR) is 117 cm³/mol. The molecular formula is C21H22N6O2S. The van der Waals surface area contributed by atoms with Crippen LogP contribution in [0.5, 0.6) is 0 Å². The summed E-state index contributed by atoms with van der Waals surface area (Å²) in [4.78, 5) is 43.6. The SMILES string of the molecule is Cc1ccc2ncnc(Sc3nc(C(C)(C)C)nc4c3c(=O)n(C)c(=O)n4C)c2c1. The molecule has 4 rings (SSSR count). The lowest BCUT2D eigenvalue weighted by atomic mass is 9.96. The highest BCUT2D eigenvalue weighted by atomic mass is 32.2. The molecule has 0 spiro atoms. The van der Waals surface area contributed by atoms with Gasteiger partial charge in [-0.3, -0.25) is 13.9 Å². The monoisotopic (exact) mass is 422 g/mol. The van der Waals surface area contributed by atoms with Crippen LogP contribution in [0.1, 0.15) is 32.2 Å². The van der Waals surface area contributed by atoms with Gasteiger partial charge in [0.15, 0.2) is 5.65 Å². The van der Waals surface area contributed by atoms with Crippen molar-refractivity contribution in [1.82, 2.24) is 29.1 Å². The van der Waals surface area contributed by atoms with Gasteiger partial charge >= 0.3 is 5.69 Å². The quantitative estimate of drug-likeness (QED) is 0.458. The molecule has 0 unspecified atom stereocenters. The number of fused-ring (bicyclic) bond motifs is 2. The maximum absolute atomic E-state index is 13.0. The minimum Gasteiger partial charge on any atom is -0.280 e. The third-order valence-corrected chi connectivity index (χ3v) is 5.89. The first kappa shape index (κ1) is 20.2. The average molecular weight is 423 g/mol. The molecule has 0 aliphatic carbocycles. The number of aryl methyl sites for hydroxylation is 2. The summed E-state index contributed by atoms with van der Waals surface area (Å²) in [6, 6.07) is 5.95. The molecule has 1 aromatic carbocycles. The van der Waals surface area contributed by atoms with Crippen LogP contribution in [0.3, 0.4) is 0 Å². The smallest absolute Gasteiger partial charge is 0.280 e. The molecule has 9 heteroatoms. The van der Waals surface area contributed by atoms with Gasteiger partial charge in [0, 0.05) is 24.9 Å². The normalized spacial score (nSPS) is 12.1. The summed E-state index contributed by atoms with van der Waals surface area (Å²) in [5.74, 6) is 0.551. The molecule has 0 radical (unpaired) electrons. The summed E-state index contributed by atoms with van der Waals surface area (Å²) >= 11 is 1.29.